The molecule has 0 radical (unpaired) electrons. The lowest BCUT2D eigenvalue weighted by Gasteiger charge is -2.26. The highest BCUT2D eigenvalue weighted by Crippen LogP contribution is 2.26. The highest BCUT2D eigenvalue weighted by Gasteiger charge is 2.18. The van der Waals surface area contributed by atoms with E-state index in [1.165, 1.54) is 16.7 Å². The Morgan fingerprint density at radius 2 is 1.83 bits per heavy atom. The molecule has 0 bridgehead atoms. The summed E-state index contributed by atoms with van der Waals surface area (Å²) in [4.78, 5) is 0. The lowest BCUT2D eigenvalue weighted by Crippen LogP contribution is -2.35. The van der Waals surface area contributed by atoms with E-state index in [0.717, 1.165) is 10.2 Å². The summed E-state index contributed by atoms with van der Waals surface area (Å²) in [5, 5.41) is 7.37. The molecule has 122 valence electrons. The van der Waals surface area contributed by atoms with Gasteiger partial charge in [-0.15, -0.1) is 0 Å². The molecule has 0 aliphatic heterocycles. The summed E-state index contributed by atoms with van der Waals surface area (Å²) in [6.45, 7) is 8.69. The normalized spacial score (nSPS) is 12.1. The predicted octanol–water partition coefficient (Wildman–Crippen LogP) is 5.75. The van der Waals surface area contributed by atoms with Gasteiger partial charge in [-0.2, -0.15) is 0 Å². The number of benzene rings is 2. The van der Waals surface area contributed by atoms with E-state index in [2.05, 4.69) is 72.5 Å². The Bertz CT molecular complexity index is 698. The van der Waals surface area contributed by atoms with Gasteiger partial charge in [-0.1, -0.05) is 59.6 Å². The highest BCUT2D eigenvalue weighted by atomic mass is 79.9. The van der Waals surface area contributed by atoms with E-state index < -0.39 is 0 Å². The Kier molecular flexibility index (Phi) is 6.19. The van der Waals surface area contributed by atoms with Crippen molar-refractivity contribution in [3.05, 3.63) is 63.6 Å². The van der Waals surface area contributed by atoms with Crippen molar-refractivity contribution in [3.63, 3.8) is 0 Å². The molecule has 0 saturated heterocycles. The molecule has 0 aromatic heterocycles. The first kappa shape index (κ1) is 18.0. The number of nitrogens with one attached hydrogen (secondary N) is 2. The van der Waals surface area contributed by atoms with Gasteiger partial charge in [-0.3, -0.25) is 0 Å². The fourth-order valence-corrected chi connectivity index (χ4v) is 3.30. The molecule has 0 spiro atoms. The molecule has 2 rings (SSSR count). The summed E-state index contributed by atoms with van der Waals surface area (Å²) < 4.78 is 1.03. The molecule has 23 heavy (non-hydrogen) atoms. The molecule has 2 aromatic rings. The fraction of sp³-hybridized carbons (Fsp3) is 0.316. The van der Waals surface area contributed by atoms with Crippen molar-refractivity contribution >= 4 is 38.9 Å². The molecule has 2 aromatic carbocycles. The molecule has 2 N–H and O–H groups in total. The first-order chi connectivity index (χ1) is 10.9. The van der Waals surface area contributed by atoms with Crippen LogP contribution in [0.4, 0.5) is 5.69 Å². The zero-order valence-electron chi connectivity index (χ0n) is 14.0. The van der Waals surface area contributed by atoms with E-state index in [-0.39, 0.29) is 6.04 Å². The number of hydrogen-bond acceptors (Lipinski definition) is 1. The molecular formula is C19H23BrN2S. The molecular weight excluding hydrogens is 368 g/mol. The van der Waals surface area contributed by atoms with Crippen LogP contribution in [0.3, 0.4) is 0 Å². The van der Waals surface area contributed by atoms with Crippen molar-refractivity contribution in [2.45, 2.75) is 33.7 Å². The second kappa shape index (κ2) is 7.93. The van der Waals surface area contributed by atoms with Gasteiger partial charge in [0.2, 0.25) is 0 Å². The van der Waals surface area contributed by atoms with Crippen LogP contribution >= 0.6 is 28.1 Å². The third kappa shape index (κ3) is 5.05. The van der Waals surface area contributed by atoms with Gasteiger partial charge in [0.15, 0.2) is 5.11 Å². The van der Waals surface area contributed by atoms with E-state index in [1.54, 1.807) is 0 Å². The van der Waals surface area contributed by atoms with Gasteiger partial charge in [0.25, 0.3) is 0 Å². The van der Waals surface area contributed by atoms with Gasteiger partial charge in [0, 0.05) is 10.2 Å². The summed E-state index contributed by atoms with van der Waals surface area (Å²) in [7, 11) is 0. The van der Waals surface area contributed by atoms with Gasteiger partial charge in [-0.25, -0.2) is 0 Å². The van der Waals surface area contributed by atoms with Crippen LogP contribution < -0.4 is 10.6 Å². The Labute approximate surface area is 152 Å². The molecule has 0 saturated carbocycles. The van der Waals surface area contributed by atoms with Crippen LogP contribution in [0.5, 0.6) is 0 Å². The third-order valence-electron chi connectivity index (χ3n) is 3.80. The summed E-state index contributed by atoms with van der Waals surface area (Å²) >= 11 is 8.98. The number of rotatable bonds is 4. The van der Waals surface area contributed by atoms with Gasteiger partial charge in [-0.05, 0) is 61.3 Å². The SMILES string of the molecule is Cc1ccc(C(NC(=S)Nc2cccc(Br)c2)C(C)C)c(C)c1. The van der Waals surface area contributed by atoms with Crippen molar-refractivity contribution in [2.24, 2.45) is 5.92 Å². The molecule has 0 heterocycles. The zero-order valence-corrected chi connectivity index (χ0v) is 16.4. The fourth-order valence-electron chi connectivity index (χ4n) is 2.65. The lowest BCUT2D eigenvalue weighted by molar-refractivity contribution is 0.471. The van der Waals surface area contributed by atoms with Crippen LogP contribution in [0.1, 0.15) is 36.6 Å². The van der Waals surface area contributed by atoms with E-state index in [4.69, 9.17) is 12.2 Å². The van der Waals surface area contributed by atoms with Crippen LogP contribution in [-0.2, 0) is 0 Å². The quantitative estimate of drug-likeness (QED) is 0.649. The smallest absolute Gasteiger partial charge is 0.171 e. The predicted molar refractivity (Wildman–Crippen MR) is 107 cm³/mol. The standard InChI is InChI=1S/C19H23BrN2S/c1-12(2)18(17-9-8-13(3)10-14(17)4)22-19(23)21-16-7-5-6-15(20)11-16/h5-12,18H,1-4H3,(H2,21,22,23). The maximum atomic E-state index is 5.51. The molecule has 2 nitrogen and oxygen atoms in total. The first-order valence-corrected chi connectivity index (χ1v) is 8.97. The Balaban J connectivity index is 2.14. The minimum Gasteiger partial charge on any atom is -0.355 e. The largest absolute Gasteiger partial charge is 0.355 e. The number of hydrogen-bond donors (Lipinski definition) is 2. The van der Waals surface area contributed by atoms with Gasteiger partial charge >= 0.3 is 0 Å². The summed E-state index contributed by atoms with van der Waals surface area (Å²) in [5.74, 6) is 0.429. The van der Waals surface area contributed by atoms with Crippen molar-refractivity contribution in [3.8, 4) is 0 Å². The summed E-state index contributed by atoms with van der Waals surface area (Å²) in [5.41, 5.74) is 4.84. The Morgan fingerprint density at radius 3 is 2.43 bits per heavy atom. The summed E-state index contributed by atoms with van der Waals surface area (Å²) in [6, 6.07) is 14.7. The van der Waals surface area contributed by atoms with Crippen LogP contribution in [0.2, 0.25) is 0 Å². The highest BCUT2D eigenvalue weighted by molar-refractivity contribution is 9.10. The van der Waals surface area contributed by atoms with Crippen LogP contribution in [0.25, 0.3) is 0 Å². The van der Waals surface area contributed by atoms with E-state index in [1.807, 2.05) is 24.3 Å². The maximum Gasteiger partial charge on any atom is 0.171 e. The Hall–Kier alpha value is -1.39. The lowest BCUT2D eigenvalue weighted by atomic mass is 9.92. The zero-order chi connectivity index (χ0) is 17.0. The van der Waals surface area contributed by atoms with Crippen LogP contribution in [0, 0.1) is 19.8 Å². The number of thiocarbonyl (C=S) groups is 1. The molecule has 0 amide bonds. The molecule has 0 aliphatic carbocycles. The first-order valence-electron chi connectivity index (χ1n) is 7.77. The summed E-state index contributed by atoms with van der Waals surface area (Å²) in [6.07, 6.45) is 0. The van der Waals surface area contributed by atoms with Crippen LogP contribution in [0.15, 0.2) is 46.9 Å². The van der Waals surface area contributed by atoms with Gasteiger partial charge in [0.05, 0.1) is 6.04 Å². The molecule has 1 atom stereocenters. The van der Waals surface area contributed by atoms with Crippen molar-refractivity contribution in [2.75, 3.05) is 5.32 Å². The number of aryl methyl sites for hydroxylation is 2. The molecule has 1 unspecified atom stereocenters. The number of halogens is 1. The van der Waals surface area contributed by atoms with Gasteiger partial charge < -0.3 is 10.6 Å². The average Bonchev–Trinajstić information content (AvgIpc) is 2.45. The Morgan fingerprint density at radius 1 is 1.09 bits per heavy atom. The minimum atomic E-state index is 0.183. The van der Waals surface area contributed by atoms with Crippen molar-refractivity contribution < 1.29 is 0 Å². The average molecular weight is 391 g/mol. The molecule has 0 fully saturated rings. The third-order valence-corrected chi connectivity index (χ3v) is 4.51. The van der Waals surface area contributed by atoms with Gasteiger partial charge in [0.1, 0.15) is 0 Å². The molecule has 0 aliphatic rings. The van der Waals surface area contributed by atoms with E-state index >= 15 is 0 Å². The van der Waals surface area contributed by atoms with Crippen molar-refractivity contribution in [1.82, 2.24) is 5.32 Å². The molecule has 4 heteroatoms. The van der Waals surface area contributed by atoms with E-state index in [9.17, 15) is 0 Å². The number of anilines is 1. The topological polar surface area (TPSA) is 24.1 Å². The van der Waals surface area contributed by atoms with Crippen LogP contribution in [-0.4, -0.2) is 5.11 Å². The monoisotopic (exact) mass is 390 g/mol. The minimum absolute atomic E-state index is 0.183. The van der Waals surface area contributed by atoms with Crippen molar-refractivity contribution in [1.29, 1.82) is 0 Å². The van der Waals surface area contributed by atoms with E-state index in [0.29, 0.717) is 11.0 Å². The second-order valence-electron chi connectivity index (χ2n) is 6.19. The second-order valence-corrected chi connectivity index (χ2v) is 7.51. The maximum absolute atomic E-state index is 5.51.